The smallest absolute Gasteiger partial charge is 0.406 e. The molecule has 0 radical (unpaired) electrons. The van der Waals surface area contributed by atoms with Gasteiger partial charge < -0.3 is 15.0 Å². The van der Waals surface area contributed by atoms with Gasteiger partial charge in [0.05, 0.1) is 11.7 Å². The predicted octanol–water partition coefficient (Wildman–Crippen LogP) is 3.31. The first-order valence-electron chi connectivity index (χ1n) is 6.06. The van der Waals surface area contributed by atoms with Gasteiger partial charge in [-0.2, -0.15) is 0 Å². The van der Waals surface area contributed by atoms with Crippen molar-refractivity contribution in [3.8, 4) is 5.75 Å². The fraction of sp³-hybridized carbons (Fsp3) is 0.385. The molecule has 0 bridgehead atoms. The van der Waals surface area contributed by atoms with E-state index in [1.54, 1.807) is 6.07 Å². The lowest BCUT2D eigenvalue weighted by Crippen LogP contribution is -2.50. The van der Waals surface area contributed by atoms with Gasteiger partial charge in [-0.1, -0.05) is 6.08 Å². The Hall–Kier alpha value is -1.21. The van der Waals surface area contributed by atoms with Crippen molar-refractivity contribution in [1.82, 2.24) is 5.32 Å². The van der Waals surface area contributed by atoms with Gasteiger partial charge in [-0.3, -0.25) is 0 Å². The van der Waals surface area contributed by atoms with Crippen LogP contribution in [-0.2, 0) is 0 Å². The summed E-state index contributed by atoms with van der Waals surface area (Å²) in [6.07, 6.45) is -2.86. The first-order chi connectivity index (χ1) is 9.40. The molecule has 1 fully saturated rings. The maximum Gasteiger partial charge on any atom is 0.573 e. The summed E-state index contributed by atoms with van der Waals surface area (Å²) in [6, 6.07) is 4.36. The predicted molar refractivity (Wildman–Crippen MR) is 75.0 cm³/mol. The molecule has 1 aromatic rings. The highest BCUT2D eigenvalue weighted by Gasteiger charge is 2.31. The molecule has 110 valence electrons. The Kier molecular flexibility index (Phi) is 4.59. The molecule has 7 heteroatoms. The molecule has 1 atom stereocenters. The fourth-order valence-electron chi connectivity index (χ4n) is 2.15. The summed E-state index contributed by atoms with van der Waals surface area (Å²) in [6.45, 7) is 6.12. The number of nitrogens with zero attached hydrogens (tertiary/aromatic N) is 1. The fourth-order valence-corrected chi connectivity index (χ4v) is 2.74. The number of alkyl halides is 3. The molecule has 0 spiro atoms. The molecule has 1 aliphatic heterocycles. The van der Waals surface area contributed by atoms with Crippen LogP contribution in [-0.4, -0.2) is 32.0 Å². The maximum atomic E-state index is 12.2. The third-order valence-corrected chi connectivity index (χ3v) is 3.65. The van der Waals surface area contributed by atoms with Gasteiger partial charge in [-0.15, -0.1) is 19.8 Å². The van der Waals surface area contributed by atoms with Gasteiger partial charge in [-0.05, 0) is 34.1 Å². The second-order valence-corrected chi connectivity index (χ2v) is 5.22. The second kappa shape index (κ2) is 6.05. The minimum absolute atomic E-state index is 0.106. The van der Waals surface area contributed by atoms with Crippen LogP contribution in [0.3, 0.4) is 0 Å². The summed E-state index contributed by atoms with van der Waals surface area (Å²) in [5, 5.41) is 3.25. The molecular weight excluding hydrogens is 337 g/mol. The molecule has 0 aliphatic carbocycles. The zero-order valence-electron chi connectivity index (χ0n) is 10.6. The van der Waals surface area contributed by atoms with Gasteiger partial charge >= 0.3 is 6.36 Å². The number of ether oxygens (including phenoxy) is 1. The van der Waals surface area contributed by atoms with Gasteiger partial charge in [0.15, 0.2) is 0 Å². The number of halogens is 4. The van der Waals surface area contributed by atoms with Gasteiger partial charge in [0.1, 0.15) is 5.75 Å². The number of piperazine rings is 1. The van der Waals surface area contributed by atoms with Crippen molar-refractivity contribution >= 4 is 21.6 Å². The quantitative estimate of drug-likeness (QED) is 0.846. The molecule has 1 heterocycles. The largest absolute Gasteiger partial charge is 0.573 e. The SMILES string of the molecule is C=CC1CNCCN1c1ccc(OC(F)(F)F)cc1Br. The Labute approximate surface area is 123 Å². The average molecular weight is 351 g/mol. The van der Waals surface area contributed by atoms with E-state index in [9.17, 15) is 13.2 Å². The topological polar surface area (TPSA) is 24.5 Å². The molecule has 2 rings (SSSR count). The van der Waals surface area contributed by atoms with E-state index < -0.39 is 6.36 Å². The number of anilines is 1. The summed E-state index contributed by atoms with van der Waals surface area (Å²) in [5.74, 6) is -0.238. The van der Waals surface area contributed by atoms with Crippen molar-refractivity contribution in [3.63, 3.8) is 0 Å². The Morgan fingerprint density at radius 3 is 2.80 bits per heavy atom. The third-order valence-electron chi connectivity index (χ3n) is 3.02. The van der Waals surface area contributed by atoms with E-state index in [-0.39, 0.29) is 11.8 Å². The molecule has 1 N–H and O–H groups in total. The molecule has 0 saturated carbocycles. The first-order valence-corrected chi connectivity index (χ1v) is 6.85. The highest BCUT2D eigenvalue weighted by molar-refractivity contribution is 9.10. The number of benzene rings is 1. The Morgan fingerprint density at radius 2 is 2.20 bits per heavy atom. The van der Waals surface area contributed by atoms with Gasteiger partial charge in [0, 0.05) is 24.1 Å². The van der Waals surface area contributed by atoms with Crippen LogP contribution in [0.25, 0.3) is 0 Å². The van der Waals surface area contributed by atoms with Crippen molar-refractivity contribution in [2.24, 2.45) is 0 Å². The van der Waals surface area contributed by atoms with E-state index in [0.717, 1.165) is 25.3 Å². The highest BCUT2D eigenvalue weighted by atomic mass is 79.9. The van der Waals surface area contributed by atoms with E-state index >= 15 is 0 Å². The summed E-state index contributed by atoms with van der Waals surface area (Å²) in [7, 11) is 0. The highest BCUT2D eigenvalue weighted by Crippen LogP contribution is 2.33. The summed E-state index contributed by atoms with van der Waals surface area (Å²) in [5.41, 5.74) is 0.825. The van der Waals surface area contributed by atoms with Crippen LogP contribution >= 0.6 is 15.9 Å². The van der Waals surface area contributed by atoms with Crippen LogP contribution in [0.2, 0.25) is 0 Å². The lowest BCUT2D eigenvalue weighted by Gasteiger charge is -2.37. The van der Waals surface area contributed by atoms with Crippen molar-refractivity contribution in [2.45, 2.75) is 12.4 Å². The summed E-state index contributed by atoms with van der Waals surface area (Å²) in [4.78, 5) is 2.09. The number of hydrogen-bond donors (Lipinski definition) is 1. The van der Waals surface area contributed by atoms with E-state index in [4.69, 9.17) is 0 Å². The van der Waals surface area contributed by atoms with E-state index in [1.807, 2.05) is 6.08 Å². The Bertz CT molecular complexity index is 493. The molecular formula is C13H14BrF3N2O. The molecule has 1 saturated heterocycles. The first kappa shape index (κ1) is 15.2. The number of nitrogens with one attached hydrogen (secondary N) is 1. The number of rotatable bonds is 3. The Balaban J connectivity index is 2.22. The maximum absolute atomic E-state index is 12.2. The van der Waals surface area contributed by atoms with Crippen molar-refractivity contribution in [3.05, 3.63) is 35.3 Å². The Morgan fingerprint density at radius 1 is 1.45 bits per heavy atom. The van der Waals surface area contributed by atoms with Crippen LogP contribution < -0.4 is 15.0 Å². The third kappa shape index (κ3) is 3.67. The molecule has 1 aromatic carbocycles. The normalized spacial score (nSPS) is 19.8. The zero-order chi connectivity index (χ0) is 14.8. The van der Waals surface area contributed by atoms with Crippen LogP contribution in [0.1, 0.15) is 0 Å². The van der Waals surface area contributed by atoms with Crippen LogP contribution in [0.5, 0.6) is 5.75 Å². The average Bonchev–Trinajstić information content (AvgIpc) is 2.37. The number of hydrogen-bond acceptors (Lipinski definition) is 3. The minimum atomic E-state index is -4.68. The van der Waals surface area contributed by atoms with Gasteiger partial charge in [0.25, 0.3) is 0 Å². The van der Waals surface area contributed by atoms with Crippen LogP contribution in [0.4, 0.5) is 18.9 Å². The monoisotopic (exact) mass is 350 g/mol. The van der Waals surface area contributed by atoms with Gasteiger partial charge in [-0.25, -0.2) is 0 Å². The van der Waals surface area contributed by atoms with E-state index in [1.165, 1.54) is 12.1 Å². The molecule has 0 amide bonds. The molecule has 20 heavy (non-hydrogen) atoms. The lowest BCUT2D eigenvalue weighted by molar-refractivity contribution is -0.274. The van der Waals surface area contributed by atoms with Crippen molar-refractivity contribution in [2.75, 3.05) is 24.5 Å². The minimum Gasteiger partial charge on any atom is -0.406 e. The van der Waals surface area contributed by atoms with E-state index in [0.29, 0.717) is 4.47 Å². The molecule has 1 unspecified atom stereocenters. The van der Waals surface area contributed by atoms with E-state index in [2.05, 4.69) is 37.5 Å². The molecule has 0 aromatic heterocycles. The van der Waals surface area contributed by atoms with Crippen LogP contribution in [0, 0.1) is 0 Å². The van der Waals surface area contributed by atoms with Crippen molar-refractivity contribution in [1.29, 1.82) is 0 Å². The molecule has 3 nitrogen and oxygen atoms in total. The lowest BCUT2D eigenvalue weighted by atomic mass is 10.1. The van der Waals surface area contributed by atoms with Crippen molar-refractivity contribution < 1.29 is 17.9 Å². The molecule has 1 aliphatic rings. The van der Waals surface area contributed by atoms with Crippen LogP contribution in [0.15, 0.2) is 35.3 Å². The summed E-state index contributed by atoms with van der Waals surface area (Å²) >= 11 is 3.30. The van der Waals surface area contributed by atoms with Gasteiger partial charge in [0.2, 0.25) is 0 Å². The standard InChI is InChI=1S/C13H14BrF3N2O/c1-2-9-8-18-5-6-19(9)12-4-3-10(7-11(12)14)20-13(15,16)17/h2-4,7,9,18H,1,5-6,8H2. The zero-order valence-corrected chi connectivity index (χ0v) is 12.2. The summed E-state index contributed by atoms with van der Waals surface area (Å²) < 4.78 is 41.0. The second-order valence-electron chi connectivity index (χ2n) is 4.36.